The third kappa shape index (κ3) is 5.71. The molecule has 0 spiro atoms. The molecule has 1 aromatic heterocycles. The highest BCUT2D eigenvalue weighted by Crippen LogP contribution is 2.30. The Bertz CT molecular complexity index is 1080. The maximum Gasteiger partial charge on any atom is 0.573 e. The molecule has 0 bridgehead atoms. The van der Waals surface area contributed by atoms with Crippen molar-refractivity contribution in [1.29, 1.82) is 0 Å². The van der Waals surface area contributed by atoms with Gasteiger partial charge in [0, 0.05) is 5.56 Å². The summed E-state index contributed by atoms with van der Waals surface area (Å²) < 4.78 is 101. The van der Waals surface area contributed by atoms with Crippen molar-refractivity contribution in [2.45, 2.75) is 12.5 Å². The Morgan fingerprint density at radius 2 is 1.61 bits per heavy atom. The van der Waals surface area contributed by atoms with Gasteiger partial charge in [-0.2, -0.15) is 18.2 Å². The van der Waals surface area contributed by atoms with E-state index in [1.807, 2.05) is 0 Å². The van der Waals surface area contributed by atoms with Crippen molar-refractivity contribution in [2.75, 3.05) is 6.61 Å². The Labute approximate surface area is 168 Å². The van der Waals surface area contributed by atoms with E-state index in [2.05, 4.69) is 19.4 Å². The van der Waals surface area contributed by atoms with E-state index in [1.165, 1.54) is 0 Å². The van der Waals surface area contributed by atoms with E-state index in [-0.39, 0.29) is 11.3 Å². The van der Waals surface area contributed by atoms with Crippen LogP contribution in [-0.4, -0.2) is 28.9 Å². The van der Waals surface area contributed by atoms with Crippen molar-refractivity contribution in [1.82, 2.24) is 10.1 Å². The summed E-state index contributed by atoms with van der Waals surface area (Å²) in [6.07, 6.45) is -9.73. The lowest BCUT2D eigenvalue weighted by atomic mass is 10.1. The van der Waals surface area contributed by atoms with Gasteiger partial charge in [0.25, 0.3) is 0 Å². The number of carbonyl (C=O) groups excluding carboxylic acids is 1. The summed E-state index contributed by atoms with van der Waals surface area (Å²) in [6, 6.07) is 7.02. The summed E-state index contributed by atoms with van der Waals surface area (Å²) in [5.41, 5.74) is -0.588. The standard InChI is InChI=1S/C18H9F7N2O4/c19-13-7-9(15-26-16(31-27-15)17(20,21)22)1-6-12(13)14(28)8-29-10-2-4-11(5-3-10)30-18(23,24)25/h1-7H,8H2. The van der Waals surface area contributed by atoms with E-state index in [4.69, 9.17) is 4.74 Å². The topological polar surface area (TPSA) is 74.5 Å². The molecule has 3 rings (SSSR count). The van der Waals surface area contributed by atoms with Gasteiger partial charge >= 0.3 is 18.4 Å². The number of rotatable bonds is 6. The van der Waals surface area contributed by atoms with Crippen LogP contribution in [0.2, 0.25) is 0 Å². The van der Waals surface area contributed by atoms with Crippen LogP contribution in [0.4, 0.5) is 30.7 Å². The number of ketones is 1. The molecule has 164 valence electrons. The highest BCUT2D eigenvalue weighted by atomic mass is 19.4. The number of hydrogen-bond donors (Lipinski definition) is 0. The summed E-state index contributed by atoms with van der Waals surface area (Å²) in [6.45, 7) is -0.657. The second-order valence-electron chi connectivity index (χ2n) is 5.85. The average molecular weight is 450 g/mol. The first-order chi connectivity index (χ1) is 14.4. The number of benzene rings is 2. The molecule has 0 unspecified atom stereocenters. The molecule has 0 N–H and O–H groups in total. The fourth-order valence-electron chi connectivity index (χ4n) is 2.30. The zero-order valence-corrected chi connectivity index (χ0v) is 14.9. The fourth-order valence-corrected chi connectivity index (χ4v) is 2.30. The van der Waals surface area contributed by atoms with E-state index in [0.29, 0.717) is 0 Å². The number of nitrogens with zero attached hydrogens (tertiary/aromatic N) is 2. The largest absolute Gasteiger partial charge is 0.573 e. The minimum Gasteiger partial charge on any atom is -0.485 e. The predicted molar refractivity (Wildman–Crippen MR) is 87.6 cm³/mol. The van der Waals surface area contributed by atoms with E-state index < -0.39 is 53.8 Å². The molecule has 0 aliphatic rings. The van der Waals surface area contributed by atoms with Gasteiger partial charge in [-0.1, -0.05) is 11.2 Å². The molecule has 0 radical (unpaired) electrons. The summed E-state index contributed by atoms with van der Waals surface area (Å²) in [4.78, 5) is 15.3. The summed E-state index contributed by atoms with van der Waals surface area (Å²) in [5.74, 6) is -4.51. The van der Waals surface area contributed by atoms with Crippen molar-refractivity contribution in [3.8, 4) is 22.9 Å². The molecule has 0 saturated carbocycles. The van der Waals surface area contributed by atoms with Gasteiger partial charge in [-0.15, -0.1) is 13.2 Å². The number of carbonyl (C=O) groups is 1. The predicted octanol–water partition coefficient (Wildman–Crippen LogP) is 5.05. The van der Waals surface area contributed by atoms with Crippen LogP contribution < -0.4 is 9.47 Å². The number of Topliss-reactive ketones (excluding diaryl/α,β-unsaturated/α-hetero) is 1. The molecule has 13 heteroatoms. The summed E-state index contributed by atoms with van der Waals surface area (Å²) in [7, 11) is 0. The van der Waals surface area contributed by atoms with E-state index in [9.17, 15) is 35.5 Å². The molecule has 0 aliphatic heterocycles. The number of aromatic nitrogens is 2. The maximum absolute atomic E-state index is 14.3. The lowest BCUT2D eigenvalue weighted by Crippen LogP contribution is -2.17. The van der Waals surface area contributed by atoms with Crippen LogP contribution in [0.25, 0.3) is 11.4 Å². The lowest BCUT2D eigenvalue weighted by molar-refractivity contribution is -0.274. The minimum atomic E-state index is -4.87. The number of ether oxygens (including phenoxy) is 2. The maximum atomic E-state index is 14.3. The van der Waals surface area contributed by atoms with Gasteiger partial charge in [-0.25, -0.2) is 4.39 Å². The van der Waals surface area contributed by atoms with Gasteiger partial charge in [0.05, 0.1) is 5.56 Å². The quantitative estimate of drug-likeness (QED) is 0.386. The molecular formula is C18H9F7N2O4. The first kappa shape index (κ1) is 22.1. The van der Waals surface area contributed by atoms with Gasteiger partial charge in [-0.3, -0.25) is 4.79 Å². The van der Waals surface area contributed by atoms with E-state index in [0.717, 1.165) is 42.5 Å². The monoisotopic (exact) mass is 450 g/mol. The lowest BCUT2D eigenvalue weighted by Gasteiger charge is -2.10. The fraction of sp³-hybridized carbons (Fsp3) is 0.167. The molecule has 1 heterocycles. The molecule has 0 amide bonds. The minimum absolute atomic E-state index is 0.0198. The van der Waals surface area contributed by atoms with Gasteiger partial charge < -0.3 is 14.0 Å². The van der Waals surface area contributed by atoms with Gasteiger partial charge in [-0.05, 0) is 36.4 Å². The van der Waals surface area contributed by atoms with Crippen LogP contribution in [0.3, 0.4) is 0 Å². The smallest absolute Gasteiger partial charge is 0.485 e. The molecule has 6 nitrogen and oxygen atoms in total. The molecule has 31 heavy (non-hydrogen) atoms. The van der Waals surface area contributed by atoms with Crippen LogP contribution in [0.1, 0.15) is 16.2 Å². The van der Waals surface area contributed by atoms with E-state index in [1.54, 1.807) is 0 Å². The van der Waals surface area contributed by atoms with Gasteiger partial charge in [0.15, 0.2) is 6.61 Å². The van der Waals surface area contributed by atoms with Crippen LogP contribution in [-0.2, 0) is 6.18 Å². The summed E-state index contributed by atoms with van der Waals surface area (Å²) >= 11 is 0. The number of halogens is 7. The Hall–Kier alpha value is -3.64. The van der Waals surface area contributed by atoms with Crippen LogP contribution in [0.5, 0.6) is 11.5 Å². The first-order valence-electron chi connectivity index (χ1n) is 8.15. The Balaban J connectivity index is 1.65. The summed E-state index contributed by atoms with van der Waals surface area (Å²) in [5, 5.41) is 3.11. The van der Waals surface area contributed by atoms with Gasteiger partial charge in [0.1, 0.15) is 17.3 Å². The molecular weight excluding hydrogens is 441 g/mol. The third-order valence-corrected chi connectivity index (χ3v) is 3.62. The van der Waals surface area contributed by atoms with Crippen LogP contribution in [0, 0.1) is 5.82 Å². The van der Waals surface area contributed by atoms with Crippen LogP contribution >= 0.6 is 0 Å². The molecule has 0 saturated heterocycles. The molecule has 0 atom stereocenters. The Morgan fingerprint density at radius 1 is 0.968 bits per heavy atom. The first-order valence-corrected chi connectivity index (χ1v) is 8.15. The van der Waals surface area contributed by atoms with Crippen molar-refractivity contribution < 1.29 is 49.5 Å². The van der Waals surface area contributed by atoms with Crippen molar-refractivity contribution in [3.05, 3.63) is 59.7 Å². The second kappa shape index (κ2) is 8.24. The second-order valence-corrected chi connectivity index (χ2v) is 5.85. The van der Waals surface area contributed by atoms with Crippen molar-refractivity contribution in [3.63, 3.8) is 0 Å². The SMILES string of the molecule is O=C(COc1ccc(OC(F)(F)F)cc1)c1ccc(-c2noc(C(F)(F)F)n2)cc1F. The van der Waals surface area contributed by atoms with E-state index >= 15 is 0 Å². The molecule has 0 aliphatic carbocycles. The zero-order valence-electron chi connectivity index (χ0n) is 14.9. The van der Waals surface area contributed by atoms with Crippen molar-refractivity contribution >= 4 is 5.78 Å². The molecule has 3 aromatic rings. The Kier molecular flexibility index (Phi) is 5.86. The number of alkyl halides is 6. The zero-order chi connectivity index (χ0) is 22.8. The molecule has 0 fully saturated rings. The Morgan fingerprint density at radius 3 is 2.16 bits per heavy atom. The average Bonchev–Trinajstić information content (AvgIpc) is 3.16. The highest BCUT2D eigenvalue weighted by molar-refractivity contribution is 5.97. The third-order valence-electron chi connectivity index (χ3n) is 3.62. The van der Waals surface area contributed by atoms with Crippen molar-refractivity contribution in [2.24, 2.45) is 0 Å². The normalized spacial score (nSPS) is 12.0. The highest BCUT2D eigenvalue weighted by Gasteiger charge is 2.38. The van der Waals surface area contributed by atoms with Crippen LogP contribution in [0.15, 0.2) is 47.0 Å². The molecule has 2 aromatic carbocycles. The number of hydrogen-bond acceptors (Lipinski definition) is 6. The van der Waals surface area contributed by atoms with Gasteiger partial charge in [0.2, 0.25) is 11.6 Å².